The van der Waals surface area contributed by atoms with Gasteiger partial charge in [-0.2, -0.15) is 0 Å². The topological polar surface area (TPSA) is 29.1 Å². The molecule has 118 valence electrons. The third-order valence-corrected chi connectivity index (χ3v) is 5.03. The molecule has 0 aliphatic heterocycles. The van der Waals surface area contributed by atoms with Gasteiger partial charge in [-0.05, 0) is 23.0 Å². The maximum atomic E-state index is 12.6. The molecule has 2 aromatic rings. The fourth-order valence-corrected chi connectivity index (χ4v) is 3.34. The molecule has 0 saturated carbocycles. The summed E-state index contributed by atoms with van der Waals surface area (Å²) < 4.78 is 0. The van der Waals surface area contributed by atoms with Gasteiger partial charge < -0.3 is 5.32 Å². The van der Waals surface area contributed by atoms with Crippen molar-refractivity contribution in [3.05, 3.63) is 46.8 Å². The molecule has 0 spiro atoms. The molecule has 0 atom stereocenters. The molecule has 0 saturated heterocycles. The van der Waals surface area contributed by atoms with Crippen LogP contribution >= 0.6 is 11.3 Å². The molecule has 1 aromatic heterocycles. The summed E-state index contributed by atoms with van der Waals surface area (Å²) in [7, 11) is 0. The largest absolute Gasteiger partial charge is 0.352 e. The van der Waals surface area contributed by atoms with E-state index in [0.29, 0.717) is 12.5 Å². The van der Waals surface area contributed by atoms with E-state index in [1.165, 1.54) is 4.88 Å². The Bertz CT molecular complexity index is 635. The zero-order chi connectivity index (χ0) is 16.3. The number of nitrogens with one attached hydrogen (secondary N) is 1. The van der Waals surface area contributed by atoms with Crippen LogP contribution in [0.25, 0.3) is 10.4 Å². The Labute approximate surface area is 137 Å². The van der Waals surface area contributed by atoms with Gasteiger partial charge in [0.15, 0.2) is 0 Å². The number of hydrogen-bond donors (Lipinski definition) is 1. The highest BCUT2D eigenvalue weighted by Gasteiger charge is 2.23. The standard InChI is InChI=1S/C19H25NOS/c1-13(2)12-20-18(21)15-11-16(19(3,4)5)22-17(15)14-9-7-6-8-10-14/h6-11,13H,12H2,1-5H3,(H,20,21). The van der Waals surface area contributed by atoms with Crippen LogP contribution in [0.2, 0.25) is 0 Å². The molecule has 2 nitrogen and oxygen atoms in total. The minimum Gasteiger partial charge on any atom is -0.352 e. The van der Waals surface area contributed by atoms with Crippen molar-refractivity contribution in [1.82, 2.24) is 5.32 Å². The van der Waals surface area contributed by atoms with Crippen molar-refractivity contribution in [2.45, 2.75) is 40.0 Å². The Hall–Kier alpha value is -1.61. The molecule has 0 fully saturated rings. The van der Waals surface area contributed by atoms with Gasteiger partial charge in [0.05, 0.1) is 5.56 Å². The van der Waals surface area contributed by atoms with Gasteiger partial charge in [-0.15, -0.1) is 11.3 Å². The SMILES string of the molecule is CC(C)CNC(=O)c1cc(C(C)(C)C)sc1-c1ccccc1. The summed E-state index contributed by atoms with van der Waals surface area (Å²) in [5.74, 6) is 0.476. The van der Waals surface area contributed by atoms with Gasteiger partial charge in [-0.1, -0.05) is 65.0 Å². The van der Waals surface area contributed by atoms with Crippen molar-refractivity contribution >= 4 is 17.2 Å². The van der Waals surface area contributed by atoms with Crippen molar-refractivity contribution in [3.8, 4) is 10.4 Å². The van der Waals surface area contributed by atoms with Crippen LogP contribution in [0.15, 0.2) is 36.4 Å². The highest BCUT2D eigenvalue weighted by Crippen LogP contribution is 2.38. The second-order valence-electron chi connectivity index (χ2n) is 7.07. The van der Waals surface area contributed by atoms with Crippen LogP contribution in [0.1, 0.15) is 49.9 Å². The predicted molar refractivity (Wildman–Crippen MR) is 95.6 cm³/mol. The lowest BCUT2D eigenvalue weighted by molar-refractivity contribution is 0.0950. The van der Waals surface area contributed by atoms with Gasteiger partial charge in [0.25, 0.3) is 5.91 Å². The second kappa shape index (κ2) is 6.66. The Kier molecular flexibility index (Phi) is 5.07. The van der Waals surface area contributed by atoms with Crippen LogP contribution in [-0.2, 0) is 5.41 Å². The Balaban J connectivity index is 2.42. The summed E-state index contributed by atoms with van der Waals surface area (Å²) in [5.41, 5.74) is 1.95. The maximum Gasteiger partial charge on any atom is 0.252 e. The molecule has 1 N–H and O–H groups in total. The Morgan fingerprint density at radius 3 is 2.36 bits per heavy atom. The molecule has 1 aromatic carbocycles. The summed E-state index contributed by atoms with van der Waals surface area (Å²) >= 11 is 1.72. The first-order chi connectivity index (χ1) is 10.3. The first-order valence-electron chi connectivity index (χ1n) is 7.77. The van der Waals surface area contributed by atoms with Gasteiger partial charge in [0, 0.05) is 16.3 Å². The highest BCUT2D eigenvalue weighted by molar-refractivity contribution is 7.16. The van der Waals surface area contributed by atoms with Crippen LogP contribution in [0.5, 0.6) is 0 Å². The zero-order valence-electron chi connectivity index (χ0n) is 14.1. The Morgan fingerprint density at radius 2 is 1.82 bits per heavy atom. The Morgan fingerprint density at radius 1 is 1.18 bits per heavy atom. The molecule has 0 radical (unpaired) electrons. The number of rotatable bonds is 4. The van der Waals surface area contributed by atoms with E-state index in [0.717, 1.165) is 16.0 Å². The molecule has 2 rings (SSSR count). The normalized spacial score (nSPS) is 11.7. The average molecular weight is 315 g/mol. The number of carbonyl (C=O) groups excluding carboxylic acids is 1. The monoisotopic (exact) mass is 315 g/mol. The minimum absolute atomic E-state index is 0.0271. The first-order valence-corrected chi connectivity index (χ1v) is 8.58. The van der Waals surface area contributed by atoms with Gasteiger partial charge in [0.2, 0.25) is 0 Å². The van der Waals surface area contributed by atoms with E-state index in [-0.39, 0.29) is 11.3 Å². The van der Waals surface area contributed by atoms with E-state index in [1.807, 2.05) is 18.2 Å². The molecule has 0 unspecified atom stereocenters. The fourth-order valence-electron chi connectivity index (χ4n) is 2.13. The molecular formula is C19H25NOS. The van der Waals surface area contributed by atoms with Crippen molar-refractivity contribution in [3.63, 3.8) is 0 Å². The number of thiophene rings is 1. The maximum absolute atomic E-state index is 12.6. The average Bonchev–Trinajstić information content (AvgIpc) is 2.91. The second-order valence-corrected chi connectivity index (χ2v) is 8.13. The van der Waals surface area contributed by atoms with Gasteiger partial charge in [0.1, 0.15) is 0 Å². The lowest BCUT2D eigenvalue weighted by Gasteiger charge is -2.15. The van der Waals surface area contributed by atoms with E-state index in [9.17, 15) is 4.79 Å². The number of amides is 1. The smallest absolute Gasteiger partial charge is 0.252 e. The summed E-state index contributed by atoms with van der Waals surface area (Å²) in [5, 5.41) is 3.04. The quantitative estimate of drug-likeness (QED) is 0.835. The third-order valence-electron chi connectivity index (χ3n) is 3.42. The van der Waals surface area contributed by atoms with Crippen molar-refractivity contribution in [2.24, 2.45) is 5.92 Å². The number of carbonyl (C=O) groups is 1. The molecule has 0 aliphatic rings. The van der Waals surface area contributed by atoms with Crippen LogP contribution in [0.4, 0.5) is 0 Å². The predicted octanol–water partition coefficient (Wildman–Crippen LogP) is 5.10. The molecule has 22 heavy (non-hydrogen) atoms. The van der Waals surface area contributed by atoms with Crippen molar-refractivity contribution in [1.29, 1.82) is 0 Å². The summed E-state index contributed by atoms with van der Waals surface area (Å²) in [6.45, 7) is 11.5. The summed E-state index contributed by atoms with van der Waals surface area (Å²) in [6.07, 6.45) is 0. The molecule has 3 heteroatoms. The highest BCUT2D eigenvalue weighted by atomic mass is 32.1. The van der Waals surface area contributed by atoms with Gasteiger partial charge in [-0.25, -0.2) is 0 Å². The fraction of sp³-hybridized carbons (Fsp3) is 0.421. The van der Waals surface area contributed by atoms with Gasteiger partial charge >= 0.3 is 0 Å². The molecule has 1 heterocycles. The van der Waals surface area contributed by atoms with Crippen molar-refractivity contribution in [2.75, 3.05) is 6.54 Å². The minimum atomic E-state index is 0.0271. The number of benzene rings is 1. The van der Waals surface area contributed by atoms with E-state index < -0.39 is 0 Å². The van der Waals surface area contributed by atoms with Crippen LogP contribution in [0.3, 0.4) is 0 Å². The third kappa shape index (κ3) is 3.98. The molecular weight excluding hydrogens is 290 g/mol. The van der Waals surface area contributed by atoms with Crippen LogP contribution < -0.4 is 5.32 Å². The van der Waals surface area contributed by atoms with E-state index >= 15 is 0 Å². The molecule has 1 amide bonds. The molecule has 0 bridgehead atoms. The summed E-state index contributed by atoms with van der Waals surface area (Å²) in [4.78, 5) is 14.9. The number of hydrogen-bond acceptors (Lipinski definition) is 2. The zero-order valence-corrected chi connectivity index (χ0v) is 14.9. The van der Waals surface area contributed by atoms with E-state index in [1.54, 1.807) is 11.3 Å². The molecule has 0 aliphatic carbocycles. The first kappa shape index (κ1) is 16.8. The van der Waals surface area contributed by atoms with Crippen molar-refractivity contribution < 1.29 is 4.79 Å². The van der Waals surface area contributed by atoms with E-state index in [2.05, 4.69) is 58.1 Å². The lowest BCUT2D eigenvalue weighted by atomic mass is 9.94. The van der Waals surface area contributed by atoms with Crippen LogP contribution in [0, 0.1) is 5.92 Å². The summed E-state index contributed by atoms with van der Waals surface area (Å²) in [6, 6.07) is 12.2. The lowest BCUT2D eigenvalue weighted by Crippen LogP contribution is -2.27. The van der Waals surface area contributed by atoms with Crippen LogP contribution in [-0.4, -0.2) is 12.5 Å². The van der Waals surface area contributed by atoms with E-state index in [4.69, 9.17) is 0 Å². The van der Waals surface area contributed by atoms with Gasteiger partial charge in [-0.3, -0.25) is 4.79 Å².